The van der Waals surface area contributed by atoms with Crippen LogP contribution in [0, 0.1) is 6.42 Å². The van der Waals surface area contributed by atoms with E-state index in [1.54, 1.807) is 0 Å². The lowest BCUT2D eigenvalue weighted by atomic mass is 10.1. The van der Waals surface area contributed by atoms with Crippen molar-refractivity contribution in [2.75, 3.05) is 5.75 Å². The summed E-state index contributed by atoms with van der Waals surface area (Å²) < 4.78 is 20.2. The molecule has 0 aliphatic rings. The van der Waals surface area contributed by atoms with E-state index in [-0.39, 0.29) is 0 Å². The van der Waals surface area contributed by atoms with Gasteiger partial charge in [0.25, 0.3) is 0 Å². The predicted molar refractivity (Wildman–Crippen MR) is 48.2 cm³/mol. The summed E-state index contributed by atoms with van der Waals surface area (Å²) in [6, 6.07) is 0. The zero-order valence-corrected chi connectivity index (χ0v) is 7.98. The van der Waals surface area contributed by atoms with Crippen LogP contribution in [0.3, 0.4) is 0 Å². The second kappa shape index (κ2) is 8.05. The van der Waals surface area contributed by atoms with Crippen molar-refractivity contribution in [1.82, 2.24) is 0 Å². The minimum absolute atomic E-state index is 0.356. The molecule has 0 aliphatic carbocycles. The first-order valence-electron chi connectivity index (χ1n) is 4.20. The zero-order valence-electron chi connectivity index (χ0n) is 7.08. The van der Waals surface area contributed by atoms with Gasteiger partial charge in [0.05, 0.1) is 0 Å². The van der Waals surface area contributed by atoms with Gasteiger partial charge in [-0.2, -0.15) is 0 Å². The van der Waals surface area contributed by atoms with Gasteiger partial charge >= 0.3 is 0 Å². The summed E-state index contributed by atoms with van der Waals surface area (Å²) in [5, 5.41) is 0. The van der Waals surface area contributed by atoms with Crippen molar-refractivity contribution >= 4 is 10.7 Å². The number of thiol groups is 1. The summed E-state index contributed by atoms with van der Waals surface area (Å²) in [6.45, 7) is 2.14. The highest BCUT2D eigenvalue weighted by Gasteiger charge is 1.90. The molecule has 0 aromatic carbocycles. The summed E-state index contributed by atoms with van der Waals surface area (Å²) >= 11 is 0. The predicted octanol–water partition coefficient (Wildman–Crippen LogP) is 1.77. The minimum Gasteiger partial charge on any atom is -0.232 e. The Bertz CT molecular complexity index is 133. The van der Waals surface area contributed by atoms with Crippen LogP contribution in [0.25, 0.3) is 0 Å². The highest BCUT2D eigenvalue weighted by molar-refractivity contribution is 7.72. The van der Waals surface area contributed by atoms with E-state index in [1.807, 2.05) is 0 Å². The van der Waals surface area contributed by atoms with Gasteiger partial charge in [-0.15, -0.1) is 0 Å². The Morgan fingerprint density at radius 2 is 1.91 bits per heavy atom. The summed E-state index contributed by atoms with van der Waals surface area (Å²) in [5.74, 6) is 0.356. The Morgan fingerprint density at radius 3 is 2.45 bits per heavy atom. The molecule has 67 valence electrons. The number of unbranched alkanes of at least 4 members (excludes halogenated alkanes) is 5. The van der Waals surface area contributed by atoms with Gasteiger partial charge in [0.2, 0.25) is 0 Å². The molecule has 0 bridgehead atoms. The van der Waals surface area contributed by atoms with Crippen molar-refractivity contribution in [3.05, 3.63) is 6.42 Å². The molecule has 0 fully saturated rings. The van der Waals surface area contributed by atoms with Crippen molar-refractivity contribution in [3.8, 4) is 0 Å². The lowest BCUT2D eigenvalue weighted by Gasteiger charge is -1.95. The van der Waals surface area contributed by atoms with Crippen molar-refractivity contribution in [1.29, 1.82) is 0 Å². The molecule has 2 nitrogen and oxygen atoms in total. The highest BCUT2D eigenvalue weighted by atomic mass is 32.2. The van der Waals surface area contributed by atoms with E-state index in [1.165, 1.54) is 6.42 Å². The molecule has 11 heavy (non-hydrogen) atoms. The van der Waals surface area contributed by atoms with Crippen LogP contribution in [-0.2, 0) is 10.7 Å². The Balaban J connectivity index is 2.90. The van der Waals surface area contributed by atoms with Crippen LogP contribution >= 0.6 is 0 Å². The molecule has 0 rings (SSSR count). The van der Waals surface area contributed by atoms with E-state index >= 15 is 0 Å². The number of rotatable bonds is 7. The van der Waals surface area contributed by atoms with Gasteiger partial charge in [0.15, 0.2) is 0 Å². The van der Waals surface area contributed by atoms with Gasteiger partial charge in [-0.1, -0.05) is 32.6 Å². The molecule has 0 heterocycles. The van der Waals surface area contributed by atoms with Gasteiger partial charge in [0.1, 0.15) is 10.7 Å². The maximum absolute atomic E-state index is 10.1. The smallest absolute Gasteiger partial charge is 0.140 e. The molecule has 0 aromatic heterocycles. The zero-order chi connectivity index (χ0) is 8.53. The van der Waals surface area contributed by atoms with Crippen LogP contribution < -0.4 is 0 Å². The van der Waals surface area contributed by atoms with E-state index in [2.05, 4.69) is 13.3 Å². The van der Waals surface area contributed by atoms with Crippen molar-refractivity contribution in [3.63, 3.8) is 0 Å². The van der Waals surface area contributed by atoms with Gasteiger partial charge in [-0.25, -0.2) is 8.42 Å². The van der Waals surface area contributed by atoms with Crippen LogP contribution in [0.2, 0.25) is 0 Å². The number of hydrogen-bond acceptors (Lipinski definition) is 2. The quantitative estimate of drug-likeness (QED) is 0.475. The van der Waals surface area contributed by atoms with Gasteiger partial charge in [0, 0.05) is 5.75 Å². The summed E-state index contributed by atoms with van der Waals surface area (Å²) in [5.41, 5.74) is 0. The van der Waals surface area contributed by atoms with Crippen LogP contribution in [0.1, 0.15) is 39.0 Å². The Kier molecular flexibility index (Phi) is 8.01. The van der Waals surface area contributed by atoms with Crippen molar-refractivity contribution < 1.29 is 8.42 Å². The van der Waals surface area contributed by atoms with E-state index in [9.17, 15) is 8.42 Å². The van der Waals surface area contributed by atoms with Crippen LogP contribution in [-0.4, -0.2) is 14.2 Å². The third-order valence-electron chi connectivity index (χ3n) is 1.49. The second-order valence-corrected chi connectivity index (χ2v) is 3.74. The van der Waals surface area contributed by atoms with E-state index < -0.39 is 10.7 Å². The van der Waals surface area contributed by atoms with Crippen LogP contribution in [0.15, 0.2) is 0 Å². The van der Waals surface area contributed by atoms with Crippen molar-refractivity contribution in [2.24, 2.45) is 0 Å². The molecular formula is C8H17O2S. The molecule has 0 spiro atoms. The first-order valence-corrected chi connectivity index (χ1v) is 5.57. The largest absolute Gasteiger partial charge is 0.232 e. The molecule has 0 aliphatic heterocycles. The maximum atomic E-state index is 10.1. The molecule has 0 saturated carbocycles. The van der Waals surface area contributed by atoms with Crippen molar-refractivity contribution in [2.45, 2.75) is 39.0 Å². The van der Waals surface area contributed by atoms with E-state index in [0.29, 0.717) is 5.75 Å². The van der Waals surface area contributed by atoms with E-state index in [0.717, 1.165) is 25.7 Å². The average Bonchev–Trinajstić information content (AvgIpc) is 1.96. The molecule has 0 N–H and O–H groups in total. The third kappa shape index (κ3) is 9.95. The lowest BCUT2D eigenvalue weighted by Crippen LogP contribution is -1.87. The SMILES string of the molecule is CCC[CH]CCCC[SH](=O)=O. The topological polar surface area (TPSA) is 34.1 Å². The second-order valence-electron chi connectivity index (χ2n) is 2.63. The van der Waals surface area contributed by atoms with Gasteiger partial charge < -0.3 is 0 Å². The fourth-order valence-corrected chi connectivity index (χ4v) is 1.36. The minimum atomic E-state index is -2.14. The molecule has 0 atom stereocenters. The first kappa shape index (κ1) is 11.0. The maximum Gasteiger partial charge on any atom is 0.140 e. The standard InChI is InChI=1S/C8H17O2S/c1-2-3-4-5-6-7-8-11(9)10/h4,11H,2-3,5-8H2,1H3. The van der Waals surface area contributed by atoms with Gasteiger partial charge in [-0.3, -0.25) is 0 Å². The first-order chi connectivity index (χ1) is 5.27. The summed E-state index contributed by atoms with van der Waals surface area (Å²) in [7, 11) is -2.14. The van der Waals surface area contributed by atoms with Crippen LogP contribution in [0.5, 0.6) is 0 Å². The fourth-order valence-electron chi connectivity index (χ4n) is 0.878. The molecular weight excluding hydrogens is 160 g/mol. The molecule has 1 radical (unpaired) electrons. The Morgan fingerprint density at radius 1 is 1.18 bits per heavy atom. The lowest BCUT2D eigenvalue weighted by molar-refractivity contribution is 0.609. The average molecular weight is 177 g/mol. The van der Waals surface area contributed by atoms with E-state index in [4.69, 9.17) is 0 Å². The fraction of sp³-hybridized carbons (Fsp3) is 0.875. The monoisotopic (exact) mass is 177 g/mol. The summed E-state index contributed by atoms with van der Waals surface area (Å²) in [4.78, 5) is 0. The highest BCUT2D eigenvalue weighted by Crippen LogP contribution is 2.03. The summed E-state index contributed by atoms with van der Waals surface area (Å²) in [6.07, 6.45) is 7.48. The normalized spacial score (nSPS) is 10.7. The number of hydrogen-bond donors (Lipinski definition) is 1. The molecule has 0 aromatic rings. The third-order valence-corrected chi connectivity index (χ3v) is 2.17. The molecule has 0 amide bonds. The van der Waals surface area contributed by atoms with Gasteiger partial charge in [-0.05, 0) is 12.8 Å². The molecule has 0 saturated heterocycles. The molecule has 3 heteroatoms. The molecule has 0 unspecified atom stereocenters. The van der Waals surface area contributed by atoms with Crippen LogP contribution in [0.4, 0.5) is 0 Å². The Labute approximate surface area is 71.0 Å². The Hall–Kier alpha value is -0.0500.